The summed E-state index contributed by atoms with van der Waals surface area (Å²) in [5, 5.41) is 15.0. The molecule has 1 atom stereocenters. The fourth-order valence-electron chi connectivity index (χ4n) is 4.13. The Morgan fingerprint density at radius 2 is 1.87 bits per heavy atom. The van der Waals surface area contributed by atoms with E-state index < -0.39 is 6.04 Å². The van der Waals surface area contributed by atoms with E-state index in [4.69, 9.17) is 0 Å². The summed E-state index contributed by atoms with van der Waals surface area (Å²) in [6.07, 6.45) is 0. The number of benzene rings is 1. The first-order valence-electron chi connectivity index (χ1n) is 10.6. The van der Waals surface area contributed by atoms with Gasteiger partial charge in [-0.2, -0.15) is 10.2 Å². The van der Waals surface area contributed by atoms with Crippen molar-refractivity contribution >= 4 is 22.7 Å². The molecule has 1 fully saturated rings. The molecule has 31 heavy (non-hydrogen) atoms. The molecule has 1 unspecified atom stereocenters. The second kappa shape index (κ2) is 8.50. The maximum Gasteiger partial charge on any atom is 0.273 e. The average molecular weight is 424 g/mol. The van der Waals surface area contributed by atoms with Gasteiger partial charge in [0.25, 0.3) is 5.91 Å². The highest BCUT2D eigenvalue weighted by Crippen LogP contribution is 2.17. The van der Waals surface area contributed by atoms with Gasteiger partial charge in [0.1, 0.15) is 6.04 Å². The lowest BCUT2D eigenvalue weighted by atomic mass is 10.1. The minimum Gasteiger partial charge on any atom is -0.339 e. The number of nitrogens with zero attached hydrogens (tertiary/aromatic N) is 5. The fraction of sp³-hybridized carbons (Fsp3) is 0.455. The molecule has 1 aromatic carbocycles. The molecule has 9 nitrogen and oxygen atoms in total. The second-order valence-electron chi connectivity index (χ2n) is 8.19. The number of hydrogen-bond acceptors (Lipinski definition) is 5. The van der Waals surface area contributed by atoms with E-state index in [1.54, 1.807) is 6.92 Å². The number of carbonyl (C=O) groups excluding carboxylic acids is 2. The van der Waals surface area contributed by atoms with Gasteiger partial charge >= 0.3 is 0 Å². The SMILES string of the molecule is Cc1nn(C)c(C)c1CN1CCN(C(=O)C(C)NC(=O)c2n[nH]c3ccccc23)CC1. The van der Waals surface area contributed by atoms with Crippen LogP contribution in [0.5, 0.6) is 0 Å². The number of amides is 2. The van der Waals surface area contributed by atoms with Gasteiger partial charge in [-0.1, -0.05) is 18.2 Å². The predicted octanol–water partition coefficient (Wildman–Crippen LogP) is 1.38. The Kier molecular flexibility index (Phi) is 5.77. The molecule has 0 spiro atoms. The zero-order valence-electron chi connectivity index (χ0n) is 18.5. The summed E-state index contributed by atoms with van der Waals surface area (Å²) >= 11 is 0. The number of nitrogens with one attached hydrogen (secondary N) is 2. The molecule has 4 rings (SSSR count). The van der Waals surface area contributed by atoms with Crippen LogP contribution in [0.25, 0.3) is 10.9 Å². The quantitative estimate of drug-likeness (QED) is 0.646. The minimum atomic E-state index is -0.614. The first-order valence-corrected chi connectivity index (χ1v) is 10.6. The summed E-state index contributed by atoms with van der Waals surface area (Å²) in [5.74, 6) is -0.416. The molecule has 9 heteroatoms. The number of hydrogen-bond donors (Lipinski definition) is 2. The number of rotatable bonds is 5. The molecule has 1 aliphatic rings. The molecule has 3 heterocycles. The molecule has 0 saturated carbocycles. The van der Waals surface area contributed by atoms with Crippen molar-refractivity contribution in [2.45, 2.75) is 33.4 Å². The van der Waals surface area contributed by atoms with Gasteiger partial charge in [-0.15, -0.1) is 0 Å². The molecule has 3 aromatic rings. The highest BCUT2D eigenvalue weighted by Gasteiger charge is 2.27. The molecule has 0 bridgehead atoms. The van der Waals surface area contributed by atoms with Crippen molar-refractivity contribution in [2.24, 2.45) is 7.05 Å². The van der Waals surface area contributed by atoms with Gasteiger partial charge in [0.05, 0.1) is 11.2 Å². The van der Waals surface area contributed by atoms with Crippen molar-refractivity contribution in [3.8, 4) is 0 Å². The summed E-state index contributed by atoms with van der Waals surface area (Å²) in [6, 6.07) is 6.83. The molecule has 0 radical (unpaired) electrons. The van der Waals surface area contributed by atoms with Crippen LogP contribution in [0.2, 0.25) is 0 Å². The molecule has 2 aromatic heterocycles. The Morgan fingerprint density at radius 1 is 1.16 bits per heavy atom. The van der Waals surface area contributed by atoms with E-state index >= 15 is 0 Å². The number of fused-ring (bicyclic) bond motifs is 1. The monoisotopic (exact) mass is 423 g/mol. The molecule has 1 saturated heterocycles. The van der Waals surface area contributed by atoms with Crippen LogP contribution in [0.15, 0.2) is 24.3 Å². The Labute approximate surface area is 181 Å². The number of piperazine rings is 1. The van der Waals surface area contributed by atoms with Crippen LogP contribution in [0, 0.1) is 13.8 Å². The standard InChI is InChI=1S/C22H29N7O2/c1-14-18(16(3)27(4)26-14)13-28-9-11-29(12-10-28)22(31)15(2)23-21(30)20-17-7-5-6-8-19(17)24-25-20/h5-8,15H,9-13H2,1-4H3,(H,23,30)(H,24,25). The lowest BCUT2D eigenvalue weighted by molar-refractivity contribution is -0.134. The summed E-state index contributed by atoms with van der Waals surface area (Å²) in [7, 11) is 1.96. The van der Waals surface area contributed by atoms with Crippen LogP contribution in [0.4, 0.5) is 0 Å². The molecule has 2 N–H and O–H groups in total. The Balaban J connectivity index is 1.32. The van der Waals surface area contributed by atoms with Crippen molar-refractivity contribution in [3.05, 3.63) is 46.9 Å². The highest BCUT2D eigenvalue weighted by molar-refractivity contribution is 6.05. The summed E-state index contributed by atoms with van der Waals surface area (Å²) in [5.41, 5.74) is 4.59. The predicted molar refractivity (Wildman–Crippen MR) is 118 cm³/mol. The summed E-state index contributed by atoms with van der Waals surface area (Å²) in [6.45, 7) is 9.56. The van der Waals surface area contributed by atoms with E-state index in [-0.39, 0.29) is 11.8 Å². The minimum absolute atomic E-state index is 0.0680. The number of aromatic amines is 1. The Morgan fingerprint density at radius 3 is 2.55 bits per heavy atom. The van der Waals surface area contributed by atoms with E-state index in [1.807, 2.05) is 47.8 Å². The highest BCUT2D eigenvalue weighted by atomic mass is 16.2. The van der Waals surface area contributed by atoms with Crippen LogP contribution in [-0.2, 0) is 18.4 Å². The first kappa shape index (κ1) is 21.0. The zero-order valence-corrected chi connectivity index (χ0v) is 18.5. The number of H-pyrrole nitrogens is 1. The van der Waals surface area contributed by atoms with Gasteiger partial charge in [0.15, 0.2) is 5.69 Å². The van der Waals surface area contributed by atoms with Gasteiger partial charge in [-0.05, 0) is 26.8 Å². The lowest BCUT2D eigenvalue weighted by Gasteiger charge is -2.36. The Hall–Kier alpha value is -3.20. The van der Waals surface area contributed by atoms with Crippen molar-refractivity contribution in [3.63, 3.8) is 0 Å². The van der Waals surface area contributed by atoms with E-state index in [2.05, 4.69) is 32.4 Å². The van der Waals surface area contributed by atoms with Crippen molar-refractivity contribution in [1.29, 1.82) is 0 Å². The maximum atomic E-state index is 12.9. The molecular weight excluding hydrogens is 394 g/mol. The number of para-hydroxylation sites is 1. The van der Waals surface area contributed by atoms with Crippen LogP contribution in [0.3, 0.4) is 0 Å². The van der Waals surface area contributed by atoms with Crippen molar-refractivity contribution in [1.82, 2.24) is 35.1 Å². The normalized spacial score (nSPS) is 15.9. The largest absolute Gasteiger partial charge is 0.339 e. The Bertz CT molecular complexity index is 1110. The van der Waals surface area contributed by atoms with Gasteiger partial charge < -0.3 is 10.2 Å². The first-order chi connectivity index (χ1) is 14.8. The third-order valence-corrected chi connectivity index (χ3v) is 6.13. The van der Waals surface area contributed by atoms with Crippen molar-refractivity contribution in [2.75, 3.05) is 26.2 Å². The van der Waals surface area contributed by atoms with Gasteiger partial charge in [-0.25, -0.2) is 0 Å². The fourth-order valence-corrected chi connectivity index (χ4v) is 4.13. The molecule has 164 valence electrons. The van der Waals surface area contributed by atoms with Gasteiger partial charge in [0, 0.05) is 56.4 Å². The van der Waals surface area contributed by atoms with Gasteiger partial charge in [0.2, 0.25) is 5.91 Å². The van der Waals surface area contributed by atoms with E-state index in [0.29, 0.717) is 18.8 Å². The molecule has 2 amide bonds. The topological polar surface area (TPSA) is 99.2 Å². The van der Waals surface area contributed by atoms with Crippen LogP contribution in [-0.4, -0.2) is 73.8 Å². The smallest absolute Gasteiger partial charge is 0.273 e. The number of aryl methyl sites for hydroxylation is 2. The lowest BCUT2D eigenvalue weighted by Crippen LogP contribution is -2.54. The molecule has 1 aliphatic heterocycles. The third-order valence-electron chi connectivity index (χ3n) is 6.13. The van der Waals surface area contributed by atoms with Crippen molar-refractivity contribution < 1.29 is 9.59 Å². The molecule has 0 aliphatic carbocycles. The van der Waals surface area contributed by atoms with Crippen LogP contribution >= 0.6 is 0 Å². The van der Waals surface area contributed by atoms with E-state index in [9.17, 15) is 9.59 Å². The van der Waals surface area contributed by atoms with Gasteiger partial charge in [-0.3, -0.25) is 24.3 Å². The van der Waals surface area contributed by atoms with Crippen LogP contribution in [0.1, 0.15) is 34.4 Å². The average Bonchev–Trinajstić information content (AvgIpc) is 3.30. The summed E-state index contributed by atoms with van der Waals surface area (Å²) < 4.78 is 1.91. The maximum absolute atomic E-state index is 12.9. The van der Waals surface area contributed by atoms with E-state index in [0.717, 1.165) is 36.2 Å². The zero-order chi connectivity index (χ0) is 22.1. The second-order valence-corrected chi connectivity index (χ2v) is 8.19. The third kappa shape index (κ3) is 4.18. The molecular formula is C22H29N7O2. The number of carbonyl (C=O) groups is 2. The van der Waals surface area contributed by atoms with E-state index in [1.165, 1.54) is 11.3 Å². The van der Waals surface area contributed by atoms with Crippen LogP contribution < -0.4 is 5.32 Å². The summed E-state index contributed by atoms with van der Waals surface area (Å²) in [4.78, 5) is 29.7. The number of aromatic nitrogens is 4.